The highest BCUT2D eigenvalue weighted by molar-refractivity contribution is 5.94. The number of amides is 1. The second-order valence-corrected chi connectivity index (χ2v) is 6.14. The van der Waals surface area contributed by atoms with E-state index in [4.69, 9.17) is 10.5 Å². The number of benzene rings is 2. The van der Waals surface area contributed by atoms with E-state index in [0.29, 0.717) is 22.8 Å². The summed E-state index contributed by atoms with van der Waals surface area (Å²) in [5.74, 6) is 0.523. The number of pyridine rings is 1. The molecule has 0 saturated carbocycles. The minimum Gasteiger partial charge on any atom is -0.489 e. The molecule has 1 heterocycles. The predicted molar refractivity (Wildman–Crippen MR) is 101 cm³/mol. The summed E-state index contributed by atoms with van der Waals surface area (Å²) in [6.07, 6.45) is 0.226. The fourth-order valence-electron chi connectivity index (χ4n) is 2.57. The van der Waals surface area contributed by atoms with E-state index in [1.807, 2.05) is 62.4 Å². The maximum absolute atomic E-state index is 12.4. The number of nitrogen functional groups attached to an aromatic ring is 1. The van der Waals surface area contributed by atoms with Gasteiger partial charge in [-0.25, -0.2) is 0 Å². The zero-order chi connectivity index (χ0) is 17.8. The topological polar surface area (TPSA) is 77.2 Å². The molecule has 0 aliphatic heterocycles. The maximum Gasteiger partial charge on any atom is 0.230 e. The van der Waals surface area contributed by atoms with Crippen LogP contribution in [0, 0.1) is 0 Å². The molecular formula is C20H21N3O2. The van der Waals surface area contributed by atoms with Crippen molar-refractivity contribution < 1.29 is 9.53 Å². The van der Waals surface area contributed by atoms with E-state index in [9.17, 15) is 4.79 Å². The van der Waals surface area contributed by atoms with Crippen LogP contribution in [0.3, 0.4) is 0 Å². The average Bonchev–Trinajstić information content (AvgIpc) is 2.56. The van der Waals surface area contributed by atoms with E-state index in [1.165, 1.54) is 0 Å². The highest BCUT2D eigenvalue weighted by Crippen LogP contribution is 2.25. The smallest absolute Gasteiger partial charge is 0.230 e. The summed E-state index contributed by atoms with van der Waals surface area (Å²) in [7, 11) is 0. The van der Waals surface area contributed by atoms with Gasteiger partial charge in [-0.15, -0.1) is 0 Å². The predicted octanol–water partition coefficient (Wildman–Crippen LogP) is 3.79. The molecule has 1 amide bonds. The number of ether oxygens (including phenoxy) is 1. The van der Waals surface area contributed by atoms with Crippen molar-refractivity contribution >= 4 is 28.2 Å². The Labute approximate surface area is 146 Å². The van der Waals surface area contributed by atoms with Crippen LogP contribution in [0.2, 0.25) is 0 Å². The zero-order valence-electron chi connectivity index (χ0n) is 14.3. The van der Waals surface area contributed by atoms with Crippen molar-refractivity contribution in [3.63, 3.8) is 0 Å². The second-order valence-electron chi connectivity index (χ2n) is 6.14. The lowest BCUT2D eigenvalue weighted by molar-refractivity contribution is -0.115. The molecule has 0 spiro atoms. The number of fused-ring (bicyclic) bond motifs is 1. The monoisotopic (exact) mass is 335 g/mol. The standard InChI is InChI=1S/C20H21N3O2/c1-13(2)25-19-6-4-3-5-18(19)23-20(24)12-16-9-7-14-11-15(21)8-10-17(14)22-16/h3-11,13H,12,21H2,1-2H3,(H,23,24). The van der Waals surface area contributed by atoms with Gasteiger partial charge in [-0.05, 0) is 50.2 Å². The molecule has 0 fully saturated rings. The fourth-order valence-corrected chi connectivity index (χ4v) is 2.57. The van der Waals surface area contributed by atoms with E-state index in [1.54, 1.807) is 6.07 Å². The molecule has 0 bridgehead atoms. The van der Waals surface area contributed by atoms with Gasteiger partial charge in [-0.1, -0.05) is 18.2 Å². The Morgan fingerprint density at radius 3 is 2.76 bits per heavy atom. The van der Waals surface area contributed by atoms with Crippen LogP contribution in [0.15, 0.2) is 54.6 Å². The number of hydrogen-bond donors (Lipinski definition) is 2. The molecule has 0 unspecified atom stereocenters. The Kier molecular flexibility index (Phi) is 4.84. The van der Waals surface area contributed by atoms with Gasteiger partial charge in [-0.3, -0.25) is 9.78 Å². The molecule has 0 aliphatic carbocycles. The van der Waals surface area contributed by atoms with Crippen molar-refractivity contribution in [2.45, 2.75) is 26.4 Å². The minimum atomic E-state index is -0.137. The van der Waals surface area contributed by atoms with Crippen LogP contribution in [-0.4, -0.2) is 17.0 Å². The Morgan fingerprint density at radius 2 is 1.96 bits per heavy atom. The third kappa shape index (κ3) is 4.26. The number of carbonyl (C=O) groups excluding carboxylic acids is 1. The lowest BCUT2D eigenvalue weighted by atomic mass is 10.1. The number of nitrogens with one attached hydrogen (secondary N) is 1. The third-order valence-electron chi connectivity index (χ3n) is 3.64. The molecule has 5 heteroatoms. The molecule has 3 rings (SSSR count). The maximum atomic E-state index is 12.4. The normalized spacial score (nSPS) is 10.8. The number of nitrogens with zero attached hydrogens (tertiary/aromatic N) is 1. The van der Waals surface area contributed by atoms with Crippen molar-refractivity contribution in [3.8, 4) is 5.75 Å². The molecule has 0 aliphatic rings. The van der Waals surface area contributed by atoms with Gasteiger partial charge in [0.2, 0.25) is 5.91 Å². The van der Waals surface area contributed by atoms with Gasteiger partial charge >= 0.3 is 0 Å². The lowest BCUT2D eigenvalue weighted by Crippen LogP contribution is -2.17. The number of hydrogen-bond acceptors (Lipinski definition) is 4. The summed E-state index contributed by atoms with van der Waals surface area (Å²) in [5, 5.41) is 3.86. The van der Waals surface area contributed by atoms with Crippen molar-refractivity contribution in [3.05, 3.63) is 60.3 Å². The molecule has 0 saturated heterocycles. The molecule has 0 radical (unpaired) electrons. The average molecular weight is 335 g/mol. The van der Waals surface area contributed by atoms with Crippen LogP contribution in [0.5, 0.6) is 5.75 Å². The zero-order valence-corrected chi connectivity index (χ0v) is 14.3. The first-order valence-electron chi connectivity index (χ1n) is 8.22. The Hall–Kier alpha value is -3.08. The quantitative estimate of drug-likeness (QED) is 0.696. The first kappa shape index (κ1) is 16.8. The second kappa shape index (κ2) is 7.21. The highest BCUT2D eigenvalue weighted by Gasteiger charge is 2.10. The minimum absolute atomic E-state index is 0.0349. The van der Waals surface area contributed by atoms with E-state index in [-0.39, 0.29) is 18.4 Å². The molecule has 25 heavy (non-hydrogen) atoms. The Balaban J connectivity index is 1.74. The van der Waals surface area contributed by atoms with Gasteiger partial charge in [0.05, 0.1) is 29.4 Å². The first-order chi connectivity index (χ1) is 12.0. The first-order valence-corrected chi connectivity index (χ1v) is 8.22. The molecular weight excluding hydrogens is 314 g/mol. The summed E-state index contributed by atoms with van der Waals surface area (Å²) in [5.41, 5.74) is 8.66. The van der Waals surface area contributed by atoms with Crippen molar-refractivity contribution in [1.82, 2.24) is 4.98 Å². The fraction of sp³-hybridized carbons (Fsp3) is 0.200. The van der Waals surface area contributed by atoms with Gasteiger partial charge < -0.3 is 15.8 Å². The van der Waals surface area contributed by atoms with Crippen LogP contribution in [0.1, 0.15) is 19.5 Å². The number of rotatable bonds is 5. The van der Waals surface area contributed by atoms with Crippen molar-refractivity contribution in [2.75, 3.05) is 11.1 Å². The van der Waals surface area contributed by atoms with Crippen molar-refractivity contribution in [1.29, 1.82) is 0 Å². The van der Waals surface area contributed by atoms with Gasteiger partial charge in [-0.2, -0.15) is 0 Å². The van der Waals surface area contributed by atoms with Crippen LogP contribution in [-0.2, 0) is 11.2 Å². The summed E-state index contributed by atoms with van der Waals surface area (Å²) in [4.78, 5) is 16.9. The van der Waals surface area contributed by atoms with E-state index in [0.717, 1.165) is 10.9 Å². The summed E-state index contributed by atoms with van der Waals surface area (Å²) < 4.78 is 5.72. The molecule has 128 valence electrons. The van der Waals surface area contributed by atoms with E-state index >= 15 is 0 Å². The Morgan fingerprint density at radius 1 is 1.16 bits per heavy atom. The van der Waals surface area contributed by atoms with Crippen molar-refractivity contribution in [2.24, 2.45) is 0 Å². The molecule has 2 aromatic carbocycles. The summed E-state index contributed by atoms with van der Waals surface area (Å²) in [6, 6.07) is 16.7. The van der Waals surface area contributed by atoms with E-state index in [2.05, 4.69) is 10.3 Å². The molecule has 3 aromatic rings. The van der Waals surface area contributed by atoms with Gasteiger partial charge in [0.25, 0.3) is 0 Å². The largest absolute Gasteiger partial charge is 0.489 e. The van der Waals surface area contributed by atoms with Crippen LogP contribution in [0.4, 0.5) is 11.4 Å². The number of nitrogens with two attached hydrogens (primary N) is 1. The van der Waals surface area contributed by atoms with Crippen LogP contribution >= 0.6 is 0 Å². The van der Waals surface area contributed by atoms with E-state index < -0.39 is 0 Å². The van der Waals surface area contributed by atoms with Gasteiger partial charge in [0.1, 0.15) is 5.75 Å². The third-order valence-corrected chi connectivity index (χ3v) is 3.64. The Bertz CT molecular complexity index is 906. The lowest BCUT2D eigenvalue weighted by Gasteiger charge is -2.14. The number of anilines is 2. The summed E-state index contributed by atoms with van der Waals surface area (Å²) in [6.45, 7) is 3.90. The summed E-state index contributed by atoms with van der Waals surface area (Å²) >= 11 is 0. The molecule has 1 aromatic heterocycles. The molecule has 0 atom stereocenters. The number of para-hydroxylation sites is 2. The highest BCUT2D eigenvalue weighted by atomic mass is 16.5. The number of carbonyl (C=O) groups is 1. The molecule has 5 nitrogen and oxygen atoms in total. The van der Waals surface area contributed by atoms with Gasteiger partial charge in [0, 0.05) is 11.1 Å². The number of aromatic nitrogens is 1. The van der Waals surface area contributed by atoms with Crippen LogP contribution < -0.4 is 15.8 Å². The van der Waals surface area contributed by atoms with Gasteiger partial charge in [0.15, 0.2) is 0 Å². The van der Waals surface area contributed by atoms with Crippen LogP contribution in [0.25, 0.3) is 10.9 Å². The molecule has 3 N–H and O–H groups in total. The SMILES string of the molecule is CC(C)Oc1ccccc1NC(=O)Cc1ccc2cc(N)ccc2n1.